The number of unbranched alkanes of at least 4 members (excludes halogenated alkanes) is 1. The van der Waals surface area contributed by atoms with Gasteiger partial charge in [-0.25, -0.2) is 0 Å². The van der Waals surface area contributed by atoms with E-state index in [-0.39, 0.29) is 5.41 Å². The Morgan fingerprint density at radius 1 is 1.19 bits per heavy atom. The van der Waals surface area contributed by atoms with Crippen LogP contribution in [-0.4, -0.2) is 38.5 Å². The van der Waals surface area contributed by atoms with Gasteiger partial charge in [-0.2, -0.15) is 0 Å². The molecule has 0 aromatic carbocycles. The van der Waals surface area contributed by atoms with E-state index in [2.05, 4.69) is 5.32 Å². The van der Waals surface area contributed by atoms with E-state index in [0.29, 0.717) is 6.61 Å². The summed E-state index contributed by atoms with van der Waals surface area (Å²) in [7, 11) is 1.75. The molecule has 0 atom stereocenters. The molecular weight excluding hydrogens is 202 g/mol. The summed E-state index contributed by atoms with van der Waals surface area (Å²) in [6.07, 6.45) is 8.57. The number of rotatable bonds is 8. The number of nitrogens with one attached hydrogen (secondary N) is 1. The Bertz CT molecular complexity index is 167. The maximum absolute atomic E-state index is 9.52. The predicted octanol–water partition coefficient (Wildman–Crippen LogP) is 1.95. The minimum absolute atomic E-state index is 0.180. The molecular formula is C13H27NO2. The molecule has 3 nitrogen and oxygen atoms in total. The van der Waals surface area contributed by atoms with Crippen LogP contribution in [0.15, 0.2) is 0 Å². The van der Waals surface area contributed by atoms with Crippen LogP contribution in [0.25, 0.3) is 0 Å². The topological polar surface area (TPSA) is 41.5 Å². The van der Waals surface area contributed by atoms with Crippen molar-refractivity contribution >= 4 is 0 Å². The summed E-state index contributed by atoms with van der Waals surface area (Å²) in [4.78, 5) is 0. The van der Waals surface area contributed by atoms with Crippen LogP contribution >= 0.6 is 0 Å². The van der Waals surface area contributed by atoms with Gasteiger partial charge in [-0.05, 0) is 32.2 Å². The highest BCUT2D eigenvalue weighted by atomic mass is 16.5. The molecule has 0 saturated heterocycles. The molecule has 0 amide bonds. The molecule has 96 valence electrons. The molecule has 0 bridgehead atoms. The first kappa shape index (κ1) is 13.9. The lowest BCUT2D eigenvalue weighted by Crippen LogP contribution is -2.39. The molecule has 0 aromatic heterocycles. The number of hydrogen-bond acceptors (Lipinski definition) is 3. The Kier molecular flexibility index (Phi) is 7.01. The molecule has 0 aliphatic heterocycles. The van der Waals surface area contributed by atoms with Gasteiger partial charge in [0.15, 0.2) is 0 Å². The molecule has 0 heterocycles. The smallest absolute Gasteiger partial charge is 0.0499 e. The Labute approximate surface area is 99.6 Å². The molecule has 2 N–H and O–H groups in total. The lowest BCUT2D eigenvalue weighted by Gasteiger charge is -2.35. The van der Waals surface area contributed by atoms with Crippen LogP contribution in [0.2, 0.25) is 0 Å². The molecule has 0 radical (unpaired) electrons. The Balaban J connectivity index is 2.08. The van der Waals surface area contributed by atoms with Crippen LogP contribution in [0.1, 0.15) is 44.9 Å². The summed E-state index contributed by atoms with van der Waals surface area (Å²) in [5.41, 5.74) is 0.180. The third-order valence-corrected chi connectivity index (χ3v) is 3.70. The fourth-order valence-electron chi connectivity index (χ4n) is 2.54. The second kappa shape index (κ2) is 8.04. The lowest BCUT2D eigenvalue weighted by atomic mass is 9.74. The van der Waals surface area contributed by atoms with Crippen molar-refractivity contribution in [1.82, 2.24) is 5.32 Å². The highest BCUT2D eigenvalue weighted by Gasteiger charge is 2.30. The fraction of sp³-hybridized carbons (Fsp3) is 1.00. The van der Waals surface area contributed by atoms with Crippen molar-refractivity contribution < 1.29 is 9.84 Å². The van der Waals surface area contributed by atoms with E-state index in [1.807, 2.05) is 0 Å². The normalized spacial score (nSPS) is 19.9. The van der Waals surface area contributed by atoms with Gasteiger partial charge < -0.3 is 15.2 Å². The van der Waals surface area contributed by atoms with Gasteiger partial charge in [0, 0.05) is 32.3 Å². The van der Waals surface area contributed by atoms with E-state index in [1.54, 1.807) is 7.11 Å². The third kappa shape index (κ3) is 4.81. The zero-order chi connectivity index (χ0) is 11.7. The van der Waals surface area contributed by atoms with Crippen molar-refractivity contribution in [2.24, 2.45) is 5.41 Å². The third-order valence-electron chi connectivity index (χ3n) is 3.70. The Hall–Kier alpha value is -0.120. The van der Waals surface area contributed by atoms with Crippen molar-refractivity contribution in [3.8, 4) is 0 Å². The van der Waals surface area contributed by atoms with Crippen molar-refractivity contribution in [3.63, 3.8) is 0 Å². The molecule has 1 saturated carbocycles. The quantitative estimate of drug-likeness (QED) is 0.625. The van der Waals surface area contributed by atoms with Gasteiger partial charge in [-0.3, -0.25) is 0 Å². The van der Waals surface area contributed by atoms with Crippen molar-refractivity contribution in [2.75, 3.05) is 33.4 Å². The molecule has 0 spiro atoms. The van der Waals surface area contributed by atoms with Gasteiger partial charge in [-0.15, -0.1) is 0 Å². The van der Waals surface area contributed by atoms with Gasteiger partial charge in [0.05, 0.1) is 0 Å². The molecule has 1 aliphatic rings. The van der Waals surface area contributed by atoms with E-state index in [9.17, 15) is 5.11 Å². The largest absolute Gasteiger partial charge is 0.396 e. The van der Waals surface area contributed by atoms with Crippen molar-refractivity contribution in [3.05, 3.63) is 0 Å². The molecule has 16 heavy (non-hydrogen) atoms. The fourth-order valence-corrected chi connectivity index (χ4v) is 2.54. The molecule has 1 fully saturated rings. The first-order chi connectivity index (χ1) is 7.83. The van der Waals surface area contributed by atoms with Gasteiger partial charge >= 0.3 is 0 Å². The molecule has 1 rings (SSSR count). The number of methoxy groups -OCH3 is 1. The first-order valence-electron chi connectivity index (χ1n) is 6.63. The van der Waals surface area contributed by atoms with E-state index in [0.717, 1.165) is 32.5 Å². The Morgan fingerprint density at radius 3 is 2.56 bits per heavy atom. The van der Waals surface area contributed by atoms with Crippen LogP contribution in [-0.2, 0) is 4.74 Å². The maximum atomic E-state index is 9.52. The zero-order valence-electron chi connectivity index (χ0n) is 10.6. The van der Waals surface area contributed by atoms with Crippen molar-refractivity contribution in [2.45, 2.75) is 44.9 Å². The Morgan fingerprint density at radius 2 is 1.94 bits per heavy atom. The summed E-state index contributed by atoms with van der Waals surface area (Å²) in [5, 5.41) is 13.0. The summed E-state index contributed by atoms with van der Waals surface area (Å²) in [6, 6.07) is 0. The zero-order valence-corrected chi connectivity index (χ0v) is 10.6. The van der Waals surface area contributed by atoms with E-state index in [4.69, 9.17) is 4.74 Å². The van der Waals surface area contributed by atoms with E-state index < -0.39 is 0 Å². The van der Waals surface area contributed by atoms with Crippen molar-refractivity contribution in [1.29, 1.82) is 0 Å². The van der Waals surface area contributed by atoms with Crippen LogP contribution in [0.4, 0.5) is 0 Å². The SMILES string of the molecule is COCCCCNCC1(CO)CCCCC1. The summed E-state index contributed by atoms with van der Waals surface area (Å²) in [6.45, 7) is 3.23. The first-order valence-corrected chi connectivity index (χ1v) is 6.63. The number of aliphatic hydroxyl groups excluding tert-OH is 1. The van der Waals surface area contributed by atoms with Gasteiger partial charge in [0.25, 0.3) is 0 Å². The molecule has 0 aromatic rings. The van der Waals surface area contributed by atoms with Crippen LogP contribution in [0.5, 0.6) is 0 Å². The van der Waals surface area contributed by atoms with E-state index in [1.165, 1.54) is 32.1 Å². The van der Waals surface area contributed by atoms with E-state index >= 15 is 0 Å². The van der Waals surface area contributed by atoms with Crippen LogP contribution in [0, 0.1) is 5.41 Å². The summed E-state index contributed by atoms with van der Waals surface area (Å²) in [5.74, 6) is 0. The molecule has 1 aliphatic carbocycles. The number of hydrogen-bond donors (Lipinski definition) is 2. The lowest BCUT2D eigenvalue weighted by molar-refractivity contribution is 0.0812. The highest BCUT2D eigenvalue weighted by Crippen LogP contribution is 2.35. The van der Waals surface area contributed by atoms with Crippen LogP contribution in [0.3, 0.4) is 0 Å². The standard InChI is InChI=1S/C13H27NO2/c1-16-10-6-5-9-14-11-13(12-15)7-3-2-4-8-13/h14-15H,2-12H2,1H3. The number of aliphatic hydroxyl groups is 1. The molecule has 3 heteroatoms. The average Bonchev–Trinajstić information content (AvgIpc) is 2.35. The van der Waals surface area contributed by atoms with Crippen LogP contribution < -0.4 is 5.32 Å². The van der Waals surface area contributed by atoms with Gasteiger partial charge in [0.2, 0.25) is 0 Å². The monoisotopic (exact) mass is 229 g/mol. The second-order valence-electron chi connectivity index (χ2n) is 5.10. The van der Waals surface area contributed by atoms with Gasteiger partial charge in [-0.1, -0.05) is 19.3 Å². The highest BCUT2D eigenvalue weighted by molar-refractivity contribution is 4.84. The molecule has 0 unspecified atom stereocenters. The predicted molar refractivity (Wildman–Crippen MR) is 66.6 cm³/mol. The second-order valence-corrected chi connectivity index (χ2v) is 5.10. The maximum Gasteiger partial charge on any atom is 0.0499 e. The summed E-state index contributed by atoms with van der Waals surface area (Å²) < 4.78 is 5.01. The average molecular weight is 229 g/mol. The van der Waals surface area contributed by atoms with Gasteiger partial charge in [0.1, 0.15) is 0 Å². The minimum atomic E-state index is 0.180. The minimum Gasteiger partial charge on any atom is -0.396 e. The number of ether oxygens (including phenoxy) is 1. The summed E-state index contributed by atoms with van der Waals surface area (Å²) >= 11 is 0.